The van der Waals surface area contributed by atoms with Gasteiger partial charge < -0.3 is 4.74 Å². The minimum atomic E-state index is -0.0518. The van der Waals surface area contributed by atoms with Crippen LogP contribution in [0.25, 0.3) is 0 Å². The first-order chi connectivity index (χ1) is 11.9. The molecule has 4 rings (SSSR count). The highest BCUT2D eigenvalue weighted by molar-refractivity contribution is 5.92. The van der Waals surface area contributed by atoms with Crippen LogP contribution in [0, 0.1) is 23.2 Å². The van der Waals surface area contributed by atoms with Gasteiger partial charge in [-0.25, -0.2) is 0 Å². The molecule has 0 aliphatic heterocycles. The quantitative estimate of drug-likeness (QED) is 0.680. The van der Waals surface area contributed by atoms with E-state index in [-0.39, 0.29) is 17.5 Å². The summed E-state index contributed by atoms with van der Waals surface area (Å²) >= 11 is 0. The SMILES string of the molecule is CCC(=O)OC1CCC2C3CC4CCC(=O)C=C4C(C)=C3CCC12C. The Hall–Kier alpha value is -1.38. The molecule has 0 aromatic carbocycles. The molecule has 0 bridgehead atoms. The highest BCUT2D eigenvalue weighted by Crippen LogP contribution is 2.61. The van der Waals surface area contributed by atoms with Crippen molar-refractivity contribution in [2.24, 2.45) is 23.2 Å². The van der Waals surface area contributed by atoms with Crippen molar-refractivity contribution in [1.82, 2.24) is 0 Å². The Bertz CT molecular complexity index is 671. The molecule has 5 unspecified atom stereocenters. The summed E-state index contributed by atoms with van der Waals surface area (Å²) in [6.45, 7) is 6.48. The van der Waals surface area contributed by atoms with E-state index in [1.165, 1.54) is 24.0 Å². The van der Waals surface area contributed by atoms with Crippen LogP contribution in [-0.4, -0.2) is 17.9 Å². The van der Waals surface area contributed by atoms with Crippen LogP contribution in [0.4, 0.5) is 0 Å². The van der Waals surface area contributed by atoms with Gasteiger partial charge in [0.2, 0.25) is 0 Å². The molecule has 0 aromatic heterocycles. The number of ether oxygens (including phenoxy) is 1. The molecule has 0 aromatic rings. The fourth-order valence-electron chi connectivity index (χ4n) is 6.26. The first-order valence-electron chi connectivity index (χ1n) is 10.1. The summed E-state index contributed by atoms with van der Waals surface area (Å²) in [4.78, 5) is 23.8. The number of hydrogen-bond acceptors (Lipinski definition) is 3. The smallest absolute Gasteiger partial charge is 0.305 e. The first kappa shape index (κ1) is 17.1. The predicted octanol–water partition coefficient (Wildman–Crippen LogP) is 4.76. The third-order valence-electron chi connectivity index (χ3n) is 7.70. The van der Waals surface area contributed by atoms with Gasteiger partial charge in [-0.1, -0.05) is 19.4 Å². The molecule has 0 saturated heterocycles. The van der Waals surface area contributed by atoms with E-state index in [2.05, 4.69) is 13.8 Å². The summed E-state index contributed by atoms with van der Waals surface area (Å²) in [5.74, 6) is 2.06. The Morgan fingerprint density at radius 1 is 1.28 bits per heavy atom. The summed E-state index contributed by atoms with van der Waals surface area (Å²) in [5.41, 5.74) is 4.47. The van der Waals surface area contributed by atoms with Crippen LogP contribution in [0.1, 0.15) is 72.1 Å². The average Bonchev–Trinajstić information content (AvgIpc) is 2.92. The second-order valence-corrected chi connectivity index (χ2v) is 8.82. The van der Waals surface area contributed by atoms with Gasteiger partial charge in [-0.15, -0.1) is 0 Å². The summed E-state index contributed by atoms with van der Waals surface area (Å²) in [6.07, 6.45) is 9.81. The lowest BCUT2D eigenvalue weighted by molar-refractivity contribution is -0.156. The zero-order chi connectivity index (χ0) is 17.8. The van der Waals surface area contributed by atoms with Gasteiger partial charge in [0.1, 0.15) is 6.10 Å². The average molecular weight is 342 g/mol. The van der Waals surface area contributed by atoms with Crippen LogP contribution in [-0.2, 0) is 14.3 Å². The molecular formula is C22H30O3. The summed E-state index contributed by atoms with van der Waals surface area (Å²) in [7, 11) is 0. The molecule has 4 aliphatic carbocycles. The number of carbonyl (C=O) groups is 2. The maximum atomic E-state index is 11.9. The zero-order valence-corrected chi connectivity index (χ0v) is 15.8. The molecule has 0 spiro atoms. The number of fused-ring (bicyclic) bond motifs is 4. The van der Waals surface area contributed by atoms with Gasteiger partial charge in [-0.05, 0) is 80.4 Å². The molecule has 3 nitrogen and oxygen atoms in total. The van der Waals surface area contributed by atoms with E-state index in [4.69, 9.17) is 4.74 Å². The van der Waals surface area contributed by atoms with Crippen molar-refractivity contribution in [3.63, 3.8) is 0 Å². The van der Waals surface area contributed by atoms with Crippen molar-refractivity contribution in [3.8, 4) is 0 Å². The zero-order valence-electron chi connectivity index (χ0n) is 15.8. The van der Waals surface area contributed by atoms with Gasteiger partial charge in [-0.3, -0.25) is 9.59 Å². The molecule has 4 aliphatic rings. The molecule has 0 radical (unpaired) electrons. The van der Waals surface area contributed by atoms with E-state index in [1.807, 2.05) is 13.0 Å². The van der Waals surface area contributed by atoms with Gasteiger partial charge in [0.25, 0.3) is 0 Å². The van der Waals surface area contributed by atoms with Crippen molar-refractivity contribution in [1.29, 1.82) is 0 Å². The van der Waals surface area contributed by atoms with Crippen molar-refractivity contribution in [3.05, 3.63) is 22.8 Å². The molecular weight excluding hydrogens is 312 g/mol. The lowest BCUT2D eigenvalue weighted by atomic mass is 9.56. The summed E-state index contributed by atoms with van der Waals surface area (Å²) < 4.78 is 5.85. The second-order valence-electron chi connectivity index (χ2n) is 8.82. The number of rotatable bonds is 2. The minimum absolute atomic E-state index is 0.0518. The summed E-state index contributed by atoms with van der Waals surface area (Å²) in [5, 5.41) is 0. The van der Waals surface area contributed by atoms with Crippen molar-refractivity contribution in [2.75, 3.05) is 0 Å². The van der Waals surface area contributed by atoms with E-state index in [1.54, 1.807) is 5.57 Å². The third-order valence-corrected chi connectivity index (χ3v) is 7.70. The summed E-state index contributed by atoms with van der Waals surface area (Å²) in [6, 6.07) is 0. The maximum absolute atomic E-state index is 11.9. The second kappa shape index (κ2) is 6.10. The monoisotopic (exact) mass is 342 g/mol. The van der Waals surface area contributed by atoms with Crippen molar-refractivity contribution in [2.45, 2.75) is 78.2 Å². The van der Waals surface area contributed by atoms with Gasteiger partial charge in [-0.2, -0.15) is 0 Å². The number of allylic oxidation sites excluding steroid dienone is 4. The van der Waals surface area contributed by atoms with Gasteiger partial charge in [0, 0.05) is 18.3 Å². The molecule has 136 valence electrons. The maximum Gasteiger partial charge on any atom is 0.305 e. The fraction of sp³-hybridized carbons (Fsp3) is 0.727. The normalized spacial score (nSPS) is 40.1. The third kappa shape index (κ3) is 2.62. The van der Waals surface area contributed by atoms with Crippen LogP contribution in [0.3, 0.4) is 0 Å². The highest BCUT2D eigenvalue weighted by Gasteiger charge is 2.55. The topological polar surface area (TPSA) is 43.4 Å². The van der Waals surface area contributed by atoms with E-state index >= 15 is 0 Å². The number of ketones is 1. The Labute approximate surface area is 150 Å². The first-order valence-corrected chi connectivity index (χ1v) is 10.1. The fourth-order valence-corrected chi connectivity index (χ4v) is 6.26. The minimum Gasteiger partial charge on any atom is -0.462 e. The van der Waals surface area contributed by atoms with Crippen LogP contribution in [0.15, 0.2) is 22.8 Å². The van der Waals surface area contributed by atoms with E-state index in [0.717, 1.165) is 25.7 Å². The molecule has 3 heteroatoms. The predicted molar refractivity (Wildman–Crippen MR) is 96.9 cm³/mol. The number of esters is 1. The molecule has 0 N–H and O–H groups in total. The molecule has 25 heavy (non-hydrogen) atoms. The Kier molecular flexibility index (Phi) is 4.16. The van der Waals surface area contributed by atoms with E-state index < -0.39 is 0 Å². The number of carbonyl (C=O) groups excluding carboxylic acids is 2. The van der Waals surface area contributed by atoms with Gasteiger partial charge in [0.15, 0.2) is 5.78 Å². The standard InChI is InChI=1S/C22H30O3/c1-4-21(24)25-20-8-7-19-18-11-14-5-6-15(23)12-17(14)13(2)16(18)9-10-22(19,20)3/h12,14,18-20H,4-11H2,1-3H3. The van der Waals surface area contributed by atoms with E-state index in [9.17, 15) is 9.59 Å². The molecule has 5 atom stereocenters. The van der Waals surface area contributed by atoms with Crippen LogP contribution < -0.4 is 0 Å². The van der Waals surface area contributed by atoms with Crippen LogP contribution in [0.2, 0.25) is 0 Å². The van der Waals surface area contributed by atoms with Crippen molar-refractivity contribution >= 4 is 11.8 Å². The van der Waals surface area contributed by atoms with Crippen LogP contribution in [0.5, 0.6) is 0 Å². The molecule has 0 heterocycles. The van der Waals surface area contributed by atoms with Crippen molar-refractivity contribution < 1.29 is 14.3 Å². The highest BCUT2D eigenvalue weighted by atomic mass is 16.5. The molecule has 2 fully saturated rings. The van der Waals surface area contributed by atoms with E-state index in [0.29, 0.717) is 36.4 Å². The molecule has 0 amide bonds. The van der Waals surface area contributed by atoms with Crippen LogP contribution >= 0.6 is 0 Å². The number of hydrogen-bond donors (Lipinski definition) is 0. The Balaban J connectivity index is 1.64. The lowest BCUT2D eigenvalue weighted by Crippen LogP contribution is -2.44. The lowest BCUT2D eigenvalue weighted by Gasteiger charge is -2.50. The Morgan fingerprint density at radius 3 is 2.84 bits per heavy atom. The largest absolute Gasteiger partial charge is 0.462 e. The van der Waals surface area contributed by atoms with Gasteiger partial charge in [0.05, 0.1) is 0 Å². The Morgan fingerprint density at radius 2 is 2.08 bits per heavy atom. The molecule has 2 saturated carbocycles. The van der Waals surface area contributed by atoms with Gasteiger partial charge >= 0.3 is 5.97 Å².